The van der Waals surface area contributed by atoms with Crippen molar-refractivity contribution < 1.29 is 4.79 Å². The summed E-state index contributed by atoms with van der Waals surface area (Å²) in [5, 5.41) is 3.00. The molecule has 1 saturated carbocycles. The van der Waals surface area contributed by atoms with Gasteiger partial charge in [-0.3, -0.25) is 4.79 Å². The summed E-state index contributed by atoms with van der Waals surface area (Å²) in [4.78, 5) is 17.3. The molecular weight excluding hydrogens is 288 g/mol. The van der Waals surface area contributed by atoms with Crippen molar-refractivity contribution in [1.82, 2.24) is 10.3 Å². The molecule has 16 heavy (non-hydrogen) atoms. The first-order valence-corrected chi connectivity index (χ1v) is 7.28. The van der Waals surface area contributed by atoms with Crippen molar-refractivity contribution in [2.24, 2.45) is 5.92 Å². The van der Waals surface area contributed by atoms with Gasteiger partial charge < -0.3 is 5.32 Å². The van der Waals surface area contributed by atoms with Crippen LogP contribution in [0, 0.1) is 12.8 Å². The Morgan fingerprint density at radius 3 is 3.06 bits per heavy atom. The van der Waals surface area contributed by atoms with E-state index < -0.39 is 0 Å². The normalized spacial score (nSPS) is 24.6. The van der Waals surface area contributed by atoms with Gasteiger partial charge in [-0.25, -0.2) is 4.98 Å². The number of hydrogen-bond acceptors (Lipinski definition) is 3. The van der Waals surface area contributed by atoms with E-state index in [0.717, 1.165) is 17.1 Å². The molecule has 0 bridgehead atoms. The average Bonchev–Trinajstić information content (AvgIpc) is 2.84. The van der Waals surface area contributed by atoms with Crippen molar-refractivity contribution in [1.29, 1.82) is 0 Å². The Morgan fingerprint density at radius 1 is 1.69 bits per heavy atom. The molecule has 1 aliphatic carbocycles. The van der Waals surface area contributed by atoms with Gasteiger partial charge in [0.1, 0.15) is 4.88 Å². The number of nitrogens with one attached hydrogen (secondary N) is 1. The molecular formula is C11H15BrN2OS. The van der Waals surface area contributed by atoms with Gasteiger partial charge in [-0.15, -0.1) is 11.3 Å². The fourth-order valence-corrected chi connectivity index (χ4v) is 3.55. The van der Waals surface area contributed by atoms with Crippen molar-refractivity contribution in [3.63, 3.8) is 0 Å². The predicted molar refractivity (Wildman–Crippen MR) is 69.2 cm³/mol. The van der Waals surface area contributed by atoms with Gasteiger partial charge in [-0.1, -0.05) is 15.9 Å². The lowest BCUT2D eigenvalue weighted by atomic mass is 10.1. The zero-order valence-electron chi connectivity index (χ0n) is 9.20. The van der Waals surface area contributed by atoms with Gasteiger partial charge in [0, 0.05) is 11.4 Å². The smallest absolute Gasteiger partial charge is 0.263 e. The van der Waals surface area contributed by atoms with Gasteiger partial charge in [0.25, 0.3) is 5.91 Å². The number of thiazole rings is 1. The fraction of sp³-hybridized carbons (Fsp3) is 0.636. The molecule has 1 amide bonds. The second-order valence-corrected chi connectivity index (χ2v) is 6.40. The van der Waals surface area contributed by atoms with Crippen molar-refractivity contribution in [2.45, 2.75) is 31.0 Å². The Hall–Kier alpha value is -0.420. The third kappa shape index (κ3) is 2.83. The maximum atomic E-state index is 11.8. The van der Waals surface area contributed by atoms with E-state index in [1.54, 1.807) is 5.51 Å². The molecule has 2 rings (SSSR count). The summed E-state index contributed by atoms with van der Waals surface area (Å²) in [5.74, 6) is 0.652. The SMILES string of the molecule is Cc1ncsc1C(=O)NCC1CCC(Br)C1. The summed E-state index contributed by atoms with van der Waals surface area (Å²) in [7, 11) is 0. The molecule has 1 heterocycles. The standard InChI is InChI=1S/C11H15BrN2OS/c1-7-10(16-6-14-7)11(15)13-5-8-2-3-9(12)4-8/h6,8-9H,2-5H2,1H3,(H,13,15). The van der Waals surface area contributed by atoms with Crippen LogP contribution in [0.1, 0.15) is 34.6 Å². The van der Waals surface area contributed by atoms with E-state index in [1.165, 1.54) is 30.6 Å². The van der Waals surface area contributed by atoms with E-state index in [2.05, 4.69) is 26.2 Å². The summed E-state index contributed by atoms with van der Waals surface area (Å²) in [6, 6.07) is 0. The highest BCUT2D eigenvalue weighted by molar-refractivity contribution is 9.09. The molecule has 0 aliphatic heterocycles. The van der Waals surface area contributed by atoms with Crippen LogP contribution in [0.2, 0.25) is 0 Å². The molecule has 1 aromatic rings. The minimum Gasteiger partial charge on any atom is -0.351 e. The highest BCUT2D eigenvalue weighted by Gasteiger charge is 2.23. The minimum atomic E-state index is 0.0259. The van der Waals surface area contributed by atoms with E-state index in [0.29, 0.717) is 10.7 Å². The lowest BCUT2D eigenvalue weighted by Gasteiger charge is -2.10. The van der Waals surface area contributed by atoms with E-state index in [4.69, 9.17) is 0 Å². The molecule has 3 nitrogen and oxygen atoms in total. The molecule has 0 saturated heterocycles. The van der Waals surface area contributed by atoms with Gasteiger partial charge >= 0.3 is 0 Å². The monoisotopic (exact) mass is 302 g/mol. The Bertz CT molecular complexity index is 380. The second-order valence-electron chi connectivity index (χ2n) is 4.25. The predicted octanol–water partition coefficient (Wildman–Crippen LogP) is 2.74. The number of alkyl halides is 1. The maximum Gasteiger partial charge on any atom is 0.263 e. The van der Waals surface area contributed by atoms with Crippen LogP contribution >= 0.6 is 27.3 Å². The second kappa shape index (κ2) is 5.27. The Kier molecular flexibility index (Phi) is 3.97. The van der Waals surface area contributed by atoms with Crippen LogP contribution in [0.5, 0.6) is 0 Å². The van der Waals surface area contributed by atoms with Crippen LogP contribution in [0.3, 0.4) is 0 Å². The number of carbonyl (C=O) groups is 1. The van der Waals surface area contributed by atoms with Gasteiger partial charge in [0.15, 0.2) is 0 Å². The summed E-state index contributed by atoms with van der Waals surface area (Å²) in [6.45, 7) is 2.66. The number of amides is 1. The van der Waals surface area contributed by atoms with Crippen molar-refractivity contribution in [2.75, 3.05) is 6.54 Å². The summed E-state index contributed by atoms with van der Waals surface area (Å²) in [6.07, 6.45) is 3.60. The zero-order chi connectivity index (χ0) is 11.5. The summed E-state index contributed by atoms with van der Waals surface area (Å²) in [5.41, 5.74) is 2.54. The molecule has 1 aliphatic rings. The molecule has 2 unspecified atom stereocenters. The van der Waals surface area contributed by atoms with E-state index in [9.17, 15) is 4.79 Å². The fourth-order valence-electron chi connectivity index (χ4n) is 2.04. The molecule has 0 aromatic carbocycles. The molecule has 5 heteroatoms. The highest BCUT2D eigenvalue weighted by atomic mass is 79.9. The third-order valence-corrected chi connectivity index (χ3v) is 4.74. The number of rotatable bonds is 3. The lowest BCUT2D eigenvalue weighted by molar-refractivity contribution is 0.0950. The number of carbonyl (C=O) groups excluding carboxylic acids is 1. The summed E-state index contributed by atoms with van der Waals surface area (Å²) >= 11 is 5.02. The largest absolute Gasteiger partial charge is 0.351 e. The van der Waals surface area contributed by atoms with Crippen LogP contribution in [0.4, 0.5) is 0 Å². The summed E-state index contributed by atoms with van der Waals surface area (Å²) < 4.78 is 0. The number of nitrogens with zero attached hydrogens (tertiary/aromatic N) is 1. The van der Waals surface area contributed by atoms with Gasteiger partial charge in [0.05, 0.1) is 11.2 Å². The van der Waals surface area contributed by atoms with E-state index >= 15 is 0 Å². The highest BCUT2D eigenvalue weighted by Crippen LogP contribution is 2.30. The molecule has 1 aromatic heterocycles. The lowest BCUT2D eigenvalue weighted by Crippen LogP contribution is -2.28. The molecule has 1 N–H and O–H groups in total. The van der Waals surface area contributed by atoms with Gasteiger partial charge in [-0.05, 0) is 32.1 Å². The van der Waals surface area contributed by atoms with Crippen LogP contribution < -0.4 is 5.32 Å². The number of aryl methyl sites for hydroxylation is 1. The number of halogens is 1. The van der Waals surface area contributed by atoms with Gasteiger partial charge in [-0.2, -0.15) is 0 Å². The minimum absolute atomic E-state index is 0.0259. The average molecular weight is 303 g/mol. The van der Waals surface area contributed by atoms with Crippen LogP contribution in [-0.2, 0) is 0 Å². The molecule has 0 spiro atoms. The molecule has 88 valence electrons. The van der Waals surface area contributed by atoms with Gasteiger partial charge in [0.2, 0.25) is 0 Å². The third-order valence-electron chi connectivity index (χ3n) is 2.98. The van der Waals surface area contributed by atoms with Crippen LogP contribution in [0.15, 0.2) is 5.51 Å². The van der Waals surface area contributed by atoms with Crippen molar-refractivity contribution >= 4 is 33.2 Å². The zero-order valence-corrected chi connectivity index (χ0v) is 11.6. The molecule has 2 atom stereocenters. The molecule has 1 fully saturated rings. The van der Waals surface area contributed by atoms with Crippen LogP contribution in [-0.4, -0.2) is 22.3 Å². The number of hydrogen-bond donors (Lipinski definition) is 1. The first-order valence-electron chi connectivity index (χ1n) is 5.49. The first-order chi connectivity index (χ1) is 7.66. The Labute approximate surface area is 108 Å². The maximum absolute atomic E-state index is 11.8. The number of aromatic nitrogens is 1. The van der Waals surface area contributed by atoms with Crippen molar-refractivity contribution in [3.8, 4) is 0 Å². The Morgan fingerprint density at radius 2 is 2.50 bits per heavy atom. The first kappa shape index (κ1) is 12.0. The van der Waals surface area contributed by atoms with E-state index in [1.807, 2.05) is 6.92 Å². The molecule has 0 radical (unpaired) electrons. The van der Waals surface area contributed by atoms with Crippen molar-refractivity contribution in [3.05, 3.63) is 16.1 Å². The topological polar surface area (TPSA) is 42.0 Å². The quantitative estimate of drug-likeness (QED) is 0.872. The van der Waals surface area contributed by atoms with Crippen LogP contribution in [0.25, 0.3) is 0 Å². The Balaban J connectivity index is 1.82. The van der Waals surface area contributed by atoms with E-state index in [-0.39, 0.29) is 5.91 Å².